The van der Waals surface area contributed by atoms with Gasteiger partial charge in [0.25, 0.3) is 10.2 Å². The van der Waals surface area contributed by atoms with E-state index in [1.165, 1.54) is 0 Å². The molecular formula is C6H10N2O6. The van der Waals surface area contributed by atoms with Crippen molar-refractivity contribution in [1.82, 2.24) is 0 Å². The Hall–Kier alpha value is -1.60. The van der Waals surface area contributed by atoms with Crippen LogP contribution in [0.1, 0.15) is 13.8 Å². The van der Waals surface area contributed by atoms with Crippen molar-refractivity contribution in [3.63, 3.8) is 0 Å². The molecule has 0 radical (unpaired) electrons. The first-order valence-corrected chi connectivity index (χ1v) is 4.05. The summed E-state index contributed by atoms with van der Waals surface area (Å²) in [4.78, 5) is 28.6. The maximum atomic E-state index is 10.0. The van der Waals surface area contributed by atoms with E-state index >= 15 is 0 Å². The molecule has 1 fully saturated rings. The number of hydrogen-bond donors (Lipinski definition) is 0. The van der Waals surface area contributed by atoms with Gasteiger partial charge in [-0.2, -0.15) is 0 Å². The van der Waals surface area contributed by atoms with E-state index in [0.717, 1.165) is 0 Å². The van der Waals surface area contributed by atoms with Gasteiger partial charge in [-0.25, -0.2) is 0 Å². The summed E-state index contributed by atoms with van der Waals surface area (Å²) in [7, 11) is 0. The Labute approximate surface area is 79.0 Å². The van der Waals surface area contributed by atoms with Crippen LogP contribution in [0.15, 0.2) is 0 Å². The highest BCUT2D eigenvalue weighted by Gasteiger charge is 2.50. The molecule has 0 aromatic rings. The molecule has 1 aliphatic carbocycles. The Balaban J connectivity index is 2.55. The SMILES string of the molecule is CC1C(C)C(O[N+](=O)[O-])C1O[N+](=O)[O-]. The van der Waals surface area contributed by atoms with Gasteiger partial charge in [0.2, 0.25) is 0 Å². The Morgan fingerprint density at radius 3 is 1.43 bits per heavy atom. The molecule has 0 bridgehead atoms. The zero-order valence-corrected chi connectivity index (χ0v) is 7.65. The van der Waals surface area contributed by atoms with Crippen LogP contribution < -0.4 is 0 Å². The van der Waals surface area contributed by atoms with Gasteiger partial charge in [0.15, 0.2) is 0 Å². The molecule has 80 valence electrons. The molecule has 4 unspecified atom stereocenters. The fourth-order valence-corrected chi connectivity index (χ4v) is 1.56. The van der Waals surface area contributed by atoms with Gasteiger partial charge >= 0.3 is 0 Å². The van der Waals surface area contributed by atoms with Crippen LogP contribution in [-0.2, 0) is 9.68 Å². The fourth-order valence-electron chi connectivity index (χ4n) is 1.56. The molecule has 8 nitrogen and oxygen atoms in total. The van der Waals surface area contributed by atoms with Crippen LogP contribution in [0.2, 0.25) is 0 Å². The molecule has 1 rings (SSSR count). The van der Waals surface area contributed by atoms with Crippen molar-refractivity contribution < 1.29 is 19.8 Å². The van der Waals surface area contributed by atoms with Gasteiger partial charge in [-0.05, 0) is 11.8 Å². The van der Waals surface area contributed by atoms with E-state index < -0.39 is 22.4 Å². The van der Waals surface area contributed by atoms with Gasteiger partial charge in [0, 0.05) is 0 Å². The highest BCUT2D eigenvalue weighted by Crippen LogP contribution is 2.38. The van der Waals surface area contributed by atoms with E-state index in [9.17, 15) is 20.2 Å². The first kappa shape index (κ1) is 10.5. The van der Waals surface area contributed by atoms with Crippen molar-refractivity contribution in [2.45, 2.75) is 26.1 Å². The van der Waals surface area contributed by atoms with Crippen molar-refractivity contribution in [3.05, 3.63) is 20.2 Å². The Morgan fingerprint density at radius 2 is 1.21 bits per heavy atom. The standard InChI is InChI=1S/C6H10N2O6/c1-3-4(2)6(14-8(11)12)5(3)13-7(9)10/h3-6H,1-2H3. The first-order valence-electron chi connectivity index (χ1n) is 4.05. The maximum absolute atomic E-state index is 10.0. The van der Waals surface area contributed by atoms with Gasteiger partial charge in [-0.15, -0.1) is 20.2 Å². The molecule has 0 aliphatic heterocycles. The van der Waals surface area contributed by atoms with E-state index in [-0.39, 0.29) is 11.8 Å². The number of hydrogen-bond acceptors (Lipinski definition) is 6. The third kappa shape index (κ3) is 1.83. The molecule has 1 saturated carbocycles. The van der Waals surface area contributed by atoms with Gasteiger partial charge in [0.1, 0.15) is 12.2 Å². The summed E-state index contributed by atoms with van der Waals surface area (Å²) in [6.07, 6.45) is -1.68. The quantitative estimate of drug-likeness (QED) is 0.487. The average molecular weight is 206 g/mol. The minimum atomic E-state index is -0.955. The summed E-state index contributed by atoms with van der Waals surface area (Å²) >= 11 is 0. The monoisotopic (exact) mass is 206 g/mol. The number of rotatable bonds is 4. The van der Waals surface area contributed by atoms with Crippen molar-refractivity contribution in [1.29, 1.82) is 0 Å². The summed E-state index contributed by atoms with van der Waals surface area (Å²) in [6.45, 7) is 3.44. The second-order valence-electron chi connectivity index (χ2n) is 3.31. The van der Waals surface area contributed by atoms with Crippen LogP contribution >= 0.6 is 0 Å². The highest BCUT2D eigenvalue weighted by atomic mass is 17.0. The van der Waals surface area contributed by atoms with E-state index in [4.69, 9.17) is 0 Å². The first-order chi connectivity index (χ1) is 6.43. The fraction of sp³-hybridized carbons (Fsp3) is 1.00. The van der Waals surface area contributed by atoms with Crippen molar-refractivity contribution in [2.75, 3.05) is 0 Å². The van der Waals surface area contributed by atoms with E-state index in [1.807, 2.05) is 0 Å². The van der Waals surface area contributed by atoms with E-state index in [1.54, 1.807) is 13.8 Å². The average Bonchev–Trinajstić information content (AvgIpc) is 2.09. The number of nitrogens with zero attached hydrogens (tertiary/aromatic N) is 2. The molecule has 0 aromatic carbocycles. The smallest absolute Gasteiger partial charge is 0.294 e. The van der Waals surface area contributed by atoms with Crippen LogP contribution in [0.25, 0.3) is 0 Å². The summed E-state index contributed by atoms with van der Waals surface area (Å²) in [5, 5.41) is 18.2. The molecule has 0 aromatic heterocycles. The molecular weight excluding hydrogens is 196 g/mol. The lowest BCUT2D eigenvalue weighted by atomic mass is 9.70. The largest absolute Gasteiger partial charge is 0.308 e. The molecule has 14 heavy (non-hydrogen) atoms. The van der Waals surface area contributed by atoms with Crippen LogP contribution in [0.5, 0.6) is 0 Å². The van der Waals surface area contributed by atoms with Crippen molar-refractivity contribution >= 4 is 0 Å². The Kier molecular flexibility index (Phi) is 2.73. The molecule has 0 N–H and O–H groups in total. The van der Waals surface area contributed by atoms with Gasteiger partial charge in [0.05, 0.1) is 0 Å². The molecule has 0 heterocycles. The second-order valence-corrected chi connectivity index (χ2v) is 3.31. The van der Waals surface area contributed by atoms with Crippen LogP contribution in [-0.4, -0.2) is 22.4 Å². The van der Waals surface area contributed by atoms with Gasteiger partial charge < -0.3 is 9.68 Å². The minimum Gasteiger partial charge on any atom is -0.308 e. The Bertz CT molecular complexity index is 231. The lowest BCUT2D eigenvalue weighted by Crippen LogP contribution is -2.57. The second kappa shape index (κ2) is 3.64. The van der Waals surface area contributed by atoms with Gasteiger partial charge in [-0.3, -0.25) is 0 Å². The Morgan fingerprint density at radius 1 is 0.929 bits per heavy atom. The predicted octanol–water partition coefficient (Wildman–Crippen LogP) is 0.426. The lowest BCUT2D eigenvalue weighted by molar-refractivity contribution is -0.811. The molecule has 1 aliphatic rings. The van der Waals surface area contributed by atoms with Crippen LogP contribution in [0.3, 0.4) is 0 Å². The van der Waals surface area contributed by atoms with Gasteiger partial charge in [-0.1, -0.05) is 13.8 Å². The zero-order valence-electron chi connectivity index (χ0n) is 7.65. The van der Waals surface area contributed by atoms with Crippen LogP contribution in [0, 0.1) is 32.1 Å². The third-order valence-corrected chi connectivity index (χ3v) is 2.61. The summed E-state index contributed by atoms with van der Waals surface area (Å²) in [5.41, 5.74) is 0. The molecule has 8 heteroatoms. The van der Waals surface area contributed by atoms with Crippen molar-refractivity contribution in [2.24, 2.45) is 11.8 Å². The molecule has 0 saturated heterocycles. The molecule has 4 atom stereocenters. The topological polar surface area (TPSA) is 105 Å². The normalized spacial score (nSPS) is 35.6. The van der Waals surface area contributed by atoms with E-state index in [2.05, 4.69) is 9.68 Å². The molecule has 0 spiro atoms. The van der Waals surface area contributed by atoms with Crippen LogP contribution in [0.4, 0.5) is 0 Å². The van der Waals surface area contributed by atoms with Crippen molar-refractivity contribution in [3.8, 4) is 0 Å². The zero-order chi connectivity index (χ0) is 10.9. The summed E-state index contributed by atoms with van der Waals surface area (Å²) < 4.78 is 0. The maximum Gasteiger partial charge on any atom is 0.294 e. The third-order valence-electron chi connectivity index (χ3n) is 2.61. The highest BCUT2D eigenvalue weighted by molar-refractivity contribution is 4.93. The summed E-state index contributed by atoms with van der Waals surface area (Å²) in [5.74, 6) is -0.240. The predicted molar refractivity (Wildman–Crippen MR) is 42.1 cm³/mol. The summed E-state index contributed by atoms with van der Waals surface area (Å²) in [6, 6.07) is 0. The minimum absolute atomic E-state index is 0.120. The molecule has 0 amide bonds. The lowest BCUT2D eigenvalue weighted by Gasteiger charge is -2.45. The van der Waals surface area contributed by atoms with E-state index in [0.29, 0.717) is 0 Å².